The Kier molecular flexibility index (Phi) is 3.74. The number of hydrogen-bond acceptors (Lipinski definition) is 2. The smallest absolute Gasteiger partial charge is 0.381 e. The third kappa shape index (κ3) is 3.71. The molecule has 0 aliphatic rings. The summed E-state index contributed by atoms with van der Waals surface area (Å²) < 4.78 is 37.2. The Labute approximate surface area is 109 Å². The van der Waals surface area contributed by atoms with Crippen molar-refractivity contribution < 1.29 is 13.2 Å². The van der Waals surface area contributed by atoms with E-state index in [0.717, 1.165) is 29.1 Å². The van der Waals surface area contributed by atoms with Crippen LogP contribution in [-0.2, 0) is 12.7 Å². The van der Waals surface area contributed by atoms with Crippen LogP contribution in [0.2, 0.25) is 0 Å². The number of rotatable bonds is 3. The molecule has 5 heteroatoms. The number of aryl methyl sites for hydroxylation is 1. The van der Waals surface area contributed by atoms with E-state index in [1.807, 2.05) is 19.1 Å². The Morgan fingerprint density at radius 3 is 2.37 bits per heavy atom. The molecule has 0 aliphatic carbocycles. The molecule has 2 rings (SSSR count). The van der Waals surface area contributed by atoms with Gasteiger partial charge in [-0.15, -0.1) is 0 Å². The third-order valence-electron chi connectivity index (χ3n) is 2.67. The molecular weight excluding hydrogens is 253 g/mol. The van der Waals surface area contributed by atoms with Crippen LogP contribution in [0.4, 0.5) is 18.9 Å². The minimum absolute atomic E-state index is 0.474. The second-order valence-corrected chi connectivity index (χ2v) is 4.23. The minimum atomic E-state index is -4.28. The van der Waals surface area contributed by atoms with Crippen molar-refractivity contribution in [1.29, 1.82) is 0 Å². The predicted molar refractivity (Wildman–Crippen MR) is 67.7 cm³/mol. The first-order valence-corrected chi connectivity index (χ1v) is 5.78. The van der Waals surface area contributed by atoms with Crippen LogP contribution in [0.3, 0.4) is 0 Å². The van der Waals surface area contributed by atoms with Gasteiger partial charge in [0.05, 0.1) is 5.56 Å². The lowest BCUT2D eigenvalue weighted by Crippen LogP contribution is -2.05. The number of alkyl halides is 3. The van der Waals surface area contributed by atoms with Crippen molar-refractivity contribution in [1.82, 2.24) is 4.98 Å². The summed E-state index contributed by atoms with van der Waals surface area (Å²) in [5.74, 6) is 0. The normalized spacial score (nSPS) is 11.4. The maximum Gasteiger partial charge on any atom is 0.416 e. The fraction of sp³-hybridized carbons (Fsp3) is 0.214. The molecule has 0 saturated carbocycles. The van der Waals surface area contributed by atoms with Crippen LogP contribution in [0.15, 0.2) is 42.6 Å². The Balaban J connectivity index is 2.01. The summed E-state index contributed by atoms with van der Waals surface area (Å²) in [5.41, 5.74) is 1.95. The molecule has 0 aliphatic heterocycles. The SMILES string of the molecule is Cc1cc(NCc2ccc(C(F)(F)F)cc2)ccn1. The zero-order chi connectivity index (χ0) is 13.9. The first-order chi connectivity index (χ1) is 8.95. The second kappa shape index (κ2) is 5.30. The number of aromatic nitrogens is 1. The molecule has 100 valence electrons. The topological polar surface area (TPSA) is 24.9 Å². The lowest BCUT2D eigenvalue weighted by molar-refractivity contribution is -0.137. The van der Waals surface area contributed by atoms with Crippen LogP contribution in [-0.4, -0.2) is 4.98 Å². The summed E-state index contributed by atoms with van der Waals surface area (Å²) in [5, 5.41) is 3.14. The lowest BCUT2D eigenvalue weighted by Gasteiger charge is -2.09. The molecule has 1 aromatic carbocycles. The van der Waals surface area contributed by atoms with E-state index >= 15 is 0 Å². The van der Waals surface area contributed by atoms with E-state index in [4.69, 9.17) is 0 Å². The second-order valence-electron chi connectivity index (χ2n) is 4.23. The van der Waals surface area contributed by atoms with E-state index in [-0.39, 0.29) is 0 Å². The predicted octanol–water partition coefficient (Wildman–Crippen LogP) is 4.02. The molecule has 2 nitrogen and oxygen atoms in total. The number of anilines is 1. The van der Waals surface area contributed by atoms with Crippen molar-refractivity contribution in [2.75, 3.05) is 5.32 Å². The Morgan fingerprint density at radius 1 is 1.11 bits per heavy atom. The number of nitrogens with one attached hydrogen (secondary N) is 1. The molecule has 1 N–H and O–H groups in total. The molecule has 0 unspecified atom stereocenters. The Hall–Kier alpha value is -2.04. The minimum Gasteiger partial charge on any atom is -0.381 e. The highest BCUT2D eigenvalue weighted by Crippen LogP contribution is 2.29. The molecule has 0 fully saturated rings. The van der Waals surface area contributed by atoms with Gasteiger partial charge in [-0.1, -0.05) is 12.1 Å². The van der Waals surface area contributed by atoms with Crippen LogP contribution in [0, 0.1) is 6.92 Å². The zero-order valence-electron chi connectivity index (χ0n) is 10.3. The number of pyridine rings is 1. The van der Waals surface area contributed by atoms with E-state index in [0.29, 0.717) is 6.54 Å². The van der Waals surface area contributed by atoms with Crippen molar-refractivity contribution in [3.63, 3.8) is 0 Å². The highest BCUT2D eigenvalue weighted by molar-refractivity contribution is 5.43. The van der Waals surface area contributed by atoms with Gasteiger partial charge < -0.3 is 5.32 Å². The van der Waals surface area contributed by atoms with Gasteiger partial charge in [-0.3, -0.25) is 4.98 Å². The summed E-state index contributed by atoms with van der Waals surface area (Å²) in [4.78, 5) is 4.07. The van der Waals surface area contributed by atoms with Gasteiger partial charge in [-0.25, -0.2) is 0 Å². The maximum atomic E-state index is 12.4. The van der Waals surface area contributed by atoms with Gasteiger partial charge in [-0.2, -0.15) is 13.2 Å². The molecule has 0 radical (unpaired) electrons. The van der Waals surface area contributed by atoms with Crippen LogP contribution in [0.5, 0.6) is 0 Å². The molecule has 2 aromatic rings. The number of halogens is 3. The van der Waals surface area contributed by atoms with E-state index in [1.54, 1.807) is 6.20 Å². The Morgan fingerprint density at radius 2 is 1.79 bits per heavy atom. The molecule has 1 heterocycles. The average molecular weight is 266 g/mol. The van der Waals surface area contributed by atoms with Gasteiger partial charge in [0.15, 0.2) is 0 Å². The van der Waals surface area contributed by atoms with Crippen LogP contribution in [0.1, 0.15) is 16.8 Å². The summed E-state index contributed by atoms with van der Waals surface area (Å²) in [6.07, 6.45) is -2.60. The Bertz CT molecular complexity index is 547. The largest absolute Gasteiger partial charge is 0.416 e. The third-order valence-corrected chi connectivity index (χ3v) is 2.67. The van der Waals surface area contributed by atoms with Crippen LogP contribution in [0.25, 0.3) is 0 Å². The highest BCUT2D eigenvalue weighted by Gasteiger charge is 2.29. The zero-order valence-corrected chi connectivity index (χ0v) is 10.3. The van der Waals surface area contributed by atoms with Gasteiger partial charge in [0.2, 0.25) is 0 Å². The molecule has 0 amide bonds. The average Bonchev–Trinajstić information content (AvgIpc) is 2.36. The monoisotopic (exact) mass is 266 g/mol. The highest BCUT2D eigenvalue weighted by atomic mass is 19.4. The molecule has 0 spiro atoms. The van der Waals surface area contributed by atoms with Gasteiger partial charge in [0.25, 0.3) is 0 Å². The van der Waals surface area contributed by atoms with E-state index in [9.17, 15) is 13.2 Å². The van der Waals surface area contributed by atoms with Crippen LogP contribution >= 0.6 is 0 Å². The molecule has 1 aromatic heterocycles. The van der Waals surface area contributed by atoms with Crippen molar-refractivity contribution in [3.8, 4) is 0 Å². The van der Waals surface area contributed by atoms with Crippen molar-refractivity contribution in [3.05, 3.63) is 59.4 Å². The standard InChI is InChI=1S/C14H13F3N2/c1-10-8-13(6-7-18-10)19-9-11-2-4-12(5-3-11)14(15,16)17/h2-8H,9H2,1H3,(H,18,19). The summed E-state index contributed by atoms with van der Waals surface area (Å²) in [6, 6.07) is 8.83. The van der Waals surface area contributed by atoms with Gasteiger partial charge >= 0.3 is 6.18 Å². The molecular formula is C14H13F3N2. The van der Waals surface area contributed by atoms with Gasteiger partial charge in [0, 0.05) is 24.1 Å². The van der Waals surface area contributed by atoms with E-state index in [2.05, 4.69) is 10.3 Å². The molecule has 19 heavy (non-hydrogen) atoms. The van der Waals surface area contributed by atoms with E-state index in [1.165, 1.54) is 12.1 Å². The molecule has 0 bridgehead atoms. The summed E-state index contributed by atoms with van der Waals surface area (Å²) in [6.45, 7) is 2.35. The first kappa shape index (κ1) is 13.4. The number of nitrogens with zero attached hydrogens (tertiary/aromatic N) is 1. The number of hydrogen-bond donors (Lipinski definition) is 1. The molecule has 0 saturated heterocycles. The van der Waals surface area contributed by atoms with Crippen molar-refractivity contribution in [2.24, 2.45) is 0 Å². The van der Waals surface area contributed by atoms with Gasteiger partial charge in [-0.05, 0) is 36.8 Å². The summed E-state index contributed by atoms with van der Waals surface area (Å²) >= 11 is 0. The van der Waals surface area contributed by atoms with Crippen LogP contribution < -0.4 is 5.32 Å². The van der Waals surface area contributed by atoms with Crippen molar-refractivity contribution in [2.45, 2.75) is 19.6 Å². The maximum absolute atomic E-state index is 12.4. The van der Waals surface area contributed by atoms with Crippen molar-refractivity contribution >= 4 is 5.69 Å². The fourth-order valence-electron chi connectivity index (χ4n) is 1.67. The first-order valence-electron chi connectivity index (χ1n) is 5.78. The number of benzene rings is 1. The summed E-state index contributed by atoms with van der Waals surface area (Å²) in [7, 11) is 0. The van der Waals surface area contributed by atoms with E-state index < -0.39 is 11.7 Å². The quantitative estimate of drug-likeness (QED) is 0.907. The fourth-order valence-corrected chi connectivity index (χ4v) is 1.67. The molecule has 0 atom stereocenters. The lowest BCUT2D eigenvalue weighted by atomic mass is 10.1. The van der Waals surface area contributed by atoms with Gasteiger partial charge in [0.1, 0.15) is 0 Å².